The molecule has 3 aromatic carbocycles. The third kappa shape index (κ3) is 5.65. The molecular formula is C25H23ClN4O3S. The molecular weight excluding hydrogens is 472 g/mol. The third-order valence-corrected chi connectivity index (χ3v) is 6.35. The van der Waals surface area contributed by atoms with Crippen LogP contribution in [0.15, 0.2) is 95.1 Å². The molecule has 0 saturated carbocycles. The van der Waals surface area contributed by atoms with Crippen molar-refractivity contribution >= 4 is 27.8 Å². The predicted molar refractivity (Wildman–Crippen MR) is 134 cm³/mol. The highest BCUT2D eigenvalue weighted by molar-refractivity contribution is 7.89. The molecule has 1 aromatic heterocycles. The van der Waals surface area contributed by atoms with Crippen molar-refractivity contribution in [3.63, 3.8) is 0 Å². The minimum Gasteiger partial charge on any atom is -0.494 e. The van der Waals surface area contributed by atoms with E-state index in [1.165, 1.54) is 30.5 Å². The predicted octanol–water partition coefficient (Wildman–Crippen LogP) is 5.29. The summed E-state index contributed by atoms with van der Waals surface area (Å²) in [5.41, 5.74) is 3.01. The van der Waals surface area contributed by atoms with Crippen LogP contribution in [-0.2, 0) is 10.0 Å². The largest absolute Gasteiger partial charge is 0.494 e. The van der Waals surface area contributed by atoms with Crippen molar-refractivity contribution in [3.05, 3.63) is 95.6 Å². The zero-order valence-electron chi connectivity index (χ0n) is 18.4. The normalized spacial score (nSPS) is 11.6. The summed E-state index contributed by atoms with van der Waals surface area (Å²) >= 11 is 5.85. The molecule has 34 heavy (non-hydrogen) atoms. The average molecular weight is 495 g/mol. The molecule has 0 bridgehead atoms. The summed E-state index contributed by atoms with van der Waals surface area (Å²) in [7, 11) is -3.83. The number of para-hydroxylation sites is 1. The van der Waals surface area contributed by atoms with E-state index in [0.29, 0.717) is 22.9 Å². The van der Waals surface area contributed by atoms with Gasteiger partial charge in [-0.15, -0.1) is 0 Å². The van der Waals surface area contributed by atoms with Crippen molar-refractivity contribution in [3.8, 4) is 22.7 Å². The fourth-order valence-electron chi connectivity index (χ4n) is 3.18. The zero-order chi connectivity index (χ0) is 24.0. The van der Waals surface area contributed by atoms with Crippen molar-refractivity contribution in [2.45, 2.75) is 18.2 Å². The van der Waals surface area contributed by atoms with Gasteiger partial charge in [0.2, 0.25) is 0 Å². The van der Waals surface area contributed by atoms with Crippen molar-refractivity contribution < 1.29 is 13.2 Å². The van der Waals surface area contributed by atoms with Gasteiger partial charge in [-0.05, 0) is 67.1 Å². The first kappa shape index (κ1) is 23.5. The van der Waals surface area contributed by atoms with Crippen molar-refractivity contribution in [1.29, 1.82) is 0 Å². The first-order chi connectivity index (χ1) is 16.5. The summed E-state index contributed by atoms with van der Waals surface area (Å²) < 4.78 is 32.5. The maximum Gasteiger partial charge on any atom is 0.276 e. The quantitative estimate of drug-likeness (QED) is 0.253. The van der Waals surface area contributed by atoms with Crippen LogP contribution in [0.3, 0.4) is 0 Å². The Morgan fingerprint density at radius 1 is 1.03 bits per heavy atom. The number of hydrogen-bond acceptors (Lipinski definition) is 5. The summed E-state index contributed by atoms with van der Waals surface area (Å²) in [5, 5.41) is 9.16. The van der Waals surface area contributed by atoms with E-state index in [9.17, 15) is 8.42 Å². The summed E-state index contributed by atoms with van der Waals surface area (Å²) in [6.07, 6.45) is 4.17. The van der Waals surface area contributed by atoms with Crippen molar-refractivity contribution in [1.82, 2.24) is 14.6 Å². The van der Waals surface area contributed by atoms with Gasteiger partial charge in [0.1, 0.15) is 11.4 Å². The number of aromatic nitrogens is 2. The number of halogens is 1. The molecule has 174 valence electrons. The van der Waals surface area contributed by atoms with E-state index in [2.05, 4.69) is 16.9 Å². The van der Waals surface area contributed by atoms with E-state index in [4.69, 9.17) is 21.4 Å². The number of ether oxygens (including phenoxy) is 1. The number of rotatable bonds is 9. The van der Waals surface area contributed by atoms with E-state index in [1.807, 2.05) is 54.6 Å². The van der Waals surface area contributed by atoms with Gasteiger partial charge >= 0.3 is 0 Å². The lowest BCUT2D eigenvalue weighted by atomic mass is 10.1. The van der Waals surface area contributed by atoms with Gasteiger partial charge in [-0.1, -0.05) is 36.7 Å². The van der Waals surface area contributed by atoms with Gasteiger partial charge in [0.15, 0.2) is 0 Å². The number of hydrogen-bond donors (Lipinski definition) is 1. The molecule has 1 N–H and O–H groups in total. The molecule has 0 radical (unpaired) electrons. The molecule has 7 nitrogen and oxygen atoms in total. The highest BCUT2D eigenvalue weighted by Crippen LogP contribution is 2.25. The number of hydrazone groups is 1. The Balaban J connectivity index is 1.64. The lowest BCUT2D eigenvalue weighted by Crippen LogP contribution is -2.18. The summed E-state index contributed by atoms with van der Waals surface area (Å²) in [4.78, 5) is 2.31. The Morgan fingerprint density at radius 2 is 1.74 bits per heavy atom. The number of nitrogens with zero attached hydrogens (tertiary/aromatic N) is 3. The molecule has 0 atom stereocenters. The molecule has 0 amide bonds. The smallest absolute Gasteiger partial charge is 0.276 e. The number of benzene rings is 3. The van der Waals surface area contributed by atoms with Crippen molar-refractivity contribution in [2.24, 2.45) is 5.10 Å². The Labute approximate surface area is 203 Å². The van der Waals surface area contributed by atoms with Gasteiger partial charge < -0.3 is 4.74 Å². The number of sulfonamides is 1. The molecule has 0 aliphatic heterocycles. The van der Waals surface area contributed by atoms with Gasteiger partial charge in [0.25, 0.3) is 10.0 Å². The van der Waals surface area contributed by atoms with Gasteiger partial charge in [-0.2, -0.15) is 18.6 Å². The molecule has 0 aliphatic rings. The summed E-state index contributed by atoms with van der Waals surface area (Å²) in [6.45, 7) is 2.70. The molecule has 9 heteroatoms. The zero-order valence-corrected chi connectivity index (χ0v) is 20.0. The van der Waals surface area contributed by atoms with E-state index < -0.39 is 10.0 Å². The first-order valence-electron chi connectivity index (χ1n) is 10.6. The molecule has 4 rings (SSSR count). The highest BCUT2D eigenvalue weighted by atomic mass is 35.5. The fourth-order valence-corrected chi connectivity index (χ4v) is 4.10. The molecule has 0 aliphatic carbocycles. The highest BCUT2D eigenvalue weighted by Gasteiger charge is 2.14. The van der Waals surface area contributed by atoms with Crippen LogP contribution in [0.1, 0.15) is 18.9 Å². The number of nitrogens with one attached hydrogen (secondary N) is 1. The van der Waals surface area contributed by atoms with Crippen LogP contribution < -0.4 is 9.57 Å². The second-order valence-electron chi connectivity index (χ2n) is 7.39. The summed E-state index contributed by atoms with van der Waals surface area (Å²) in [6, 6.07) is 23.1. The maximum absolute atomic E-state index is 12.5. The van der Waals surface area contributed by atoms with Crippen LogP contribution in [0.4, 0.5) is 0 Å². The second kappa shape index (κ2) is 10.5. The second-order valence-corrected chi connectivity index (χ2v) is 9.49. The van der Waals surface area contributed by atoms with Gasteiger partial charge in [0.05, 0.1) is 23.4 Å². The lowest BCUT2D eigenvalue weighted by Gasteiger charge is -2.05. The van der Waals surface area contributed by atoms with Crippen LogP contribution in [0, 0.1) is 0 Å². The van der Waals surface area contributed by atoms with Gasteiger partial charge in [-0.3, -0.25) is 0 Å². The minimum atomic E-state index is -3.83. The molecule has 0 saturated heterocycles. The first-order valence-corrected chi connectivity index (χ1v) is 12.5. The molecule has 0 fully saturated rings. The Kier molecular flexibility index (Phi) is 7.30. The lowest BCUT2D eigenvalue weighted by molar-refractivity contribution is 0.317. The minimum absolute atomic E-state index is 0.0666. The third-order valence-electron chi connectivity index (χ3n) is 4.86. The Morgan fingerprint density at radius 3 is 2.41 bits per heavy atom. The fraction of sp³-hybridized carbons (Fsp3) is 0.120. The van der Waals surface area contributed by atoms with Crippen LogP contribution in [0.25, 0.3) is 16.9 Å². The SMILES string of the molecule is CCCOc1ccc(-c2nn(-c3ccccc3)cc2/C=N\NS(=O)(=O)c2ccc(Cl)cc2)cc1. The maximum atomic E-state index is 12.5. The Bertz CT molecular complexity index is 1370. The molecule has 1 heterocycles. The van der Waals surface area contributed by atoms with E-state index in [-0.39, 0.29) is 4.90 Å². The Hall–Kier alpha value is -3.62. The van der Waals surface area contributed by atoms with Crippen LogP contribution in [0.5, 0.6) is 5.75 Å². The van der Waals surface area contributed by atoms with Crippen LogP contribution in [-0.4, -0.2) is 31.0 Å². The summed E-state index contributed by atoms with van der Waals surface area (Å²) in [5.74, 6) is 0.777. The van der Waals surface area contributed by atoms with E-state index >= 15 is 0 Å². The van der Waals surface area contributed by atoms with Crippen LogP contribution >= 0.6 is 11.6 Å². The molecule has 4 aromatic rings. The molecule has 0 unspecified atom stereocenters. The van der Waals surface area contributed by atoms with Gasteiger partial charge in [0, 0.05) is 22.3 Å². The van der Waals surface area contributed by atoms with E-state index in [0.717, 1.165) is 23.4 Å². The van der Waals surface area contributed by atoms with Crippen molar-refractivity contribution in [2.75, 3.05) is 6.61 Å². The standard InChI is InChI=1S/C25H23ClN4O3S/c1-2-16-33-23-12-8-19(9-13-23)25-20(18-30(28-25)22-6-4-3-5-7-22)17-27-29-34(31,32)24-14-10-21(26)11-15-24/h3-15,17-18,29H,2,16H2,1H3/b27-17-. The van der Waals surface area contributed by atoms with E-state index in [1.54, 1.807) is 10.9 Å². The molecule has 0 spiro atoms. The van der Waals surface area contributed by atoms with Crippen LogP contribution in [0.2, 0.25) is 5.02 Å². The topological polar surface area (TPSA) is 85.6 Å². The average Bonchev–Trinajstić information content (AvgIpc) is 3.28. The monoisotopic (exact) mass is 494 g/mol. The van der Waals surface area contributed by atoms with Gasteiger partial charge in [-0.25, -0.2) is 9.51 Å².